The number of hydrogen-bond donors (Lipinski definition) is 0. The zero-order chi connectivity index (χ0) is 17.6. The van der Waals surface area contributed by atoms with Gasteiger partial charge in [0.25, 0.3) is 0 Å². The van der Waals surface area contributed by atoms with Crippen LogP contribution in [0.5, 0.6) is 0 Å². The van der Waals surface area contributed by atoms with E-state index in [1.165, 1.54) is 0 Å². The Hall–Kier alpha value is -2.59. The van der Waals surface area contributed by atoms with E-state index in [0.29, 0.717) is 10.6 Å². The Morgan fingerprint density at radius 2 is 2.04 bits per heavy atom. The highest BCUT2D eigenvalue weighted by molar-refractivity contribution is 6.30. The summed E-state index contributed by atoms with van der Waals surface area (Å²) in [6, 6.07) is 7.34. The Balaban J connectivity index is 1.90. The van der Waals surface area contributed by atoms with E-state index in [0.717, 1.165) is 11.1 Å². The molecule has 5 rings (SSSR count). The van der Waals surface area contributed by atoms with Crippen molar-refractivity contribution < 1.29 is 19.1 Å². The van der Waals surface area contributed by atoms with Crippen LogP contribution in [0.2, 0.25) is 5.02 Å². The summed E-state index contributed by atoms with van der Waals surface area (Å²) in [4.78, 5) is 24.8. The van der Waals surface area contributed by atoms with Crippen molar-refractivity contribution in [2.45, 2.75) is 12.5 Å². The van der Waals surface area contributed by atoms with Crippen LogP contribution in [0.4, 0.5) is 0 Å². The van der Waals surface area contributed by atoms with Crippen molar-refractivity contribution in [1.82, 2.24) is 0 Å². The van der Waals surface area contributed by atoms with Crippen LogP contribution >= 0.6 is 11.6 Å². The van der Waals surface area contributed by atoms with Gasteiger partial charge in [0.15, 0.2) is 11.2 Å². The number of halogens is 1. The van der Waals surface area contributed by atoms with Crippen LogP contribution < -0.4 is 0 Å². The molecule has 1 aliphatic heterocycles. The van der Waals surface area contributed by atoms with Crippen molar-refractivity contribution in [2.75, 3.05) is 6.61 Å². The predicted octanol–water partition coefficient (Wildman–Crippen LogP) is 3.63. The van der Waals surface area contributed by atoms with Crippen LogP contribution in [0, 0.1) is 5.92 Å². The normalized spacial score (nSPS) is 26.2. The van der Waals surface area contributed by atoms with Crippen LogP contribution in [0.1, 0.15) is 12.5 Å². The molecule has 4 aliphatic rings. The van der Waals surface area contributed by atoms with Crippen molar-refractivity contribution in [2.24, 2.45) is 5.92 Å². The zero-order valence-electron chi connectivity index (χ0n) is 13.5. The second kappa shape index (κ2) is 5.74. The summed E-state index contributed by atoms with van der Waals surface area (Å²) in [6.07, 6.45) is 9.58. The van der Waals surface area contributed by atoms with Gasteiger partial charge in [-0.1, -0.05) is 48.0 Å². The van der Waals surface area contributed by atoms with Gasteiger partial charge in [0.1, 0.15) is 0 Å². The standard InChI is InChI=1S/C20H15ClO4/c1-2-24-18(22)17-15-8-3-12-9-10-20(15,25-19(17)23)16(11-12)13-4-6-14(21)7-5-13/h3-12H,2H2,1H3/t12-,20+/m0/s1. The van der Waals surface area contributed by atoms with E-state index in [1.807, 2.05) is 36.4 Å². The number of ether oxygens (including phenoxy) is 2. The fourth-order valence-electron chi connectivity index (χ4n) is 3.45. The Labute approximate surface area is 150 Å². The highest BCUT2D eigenvalue weighted by Gasteiger charge is 2.52. The molecule has 126 valence electrons. The largest absolute Gasteiger partial charge is 0.462 e. The van der Waals surface area contributed by atoms with Crippen molar-refractivity contribution in [1.29, 1.82) is 0 Å². The van der Waals surface area contributed by atoms with Gasteiger partial charge in [0.05, 0.1) is 6.61 Å². The Morgan fingerprint density at radius 1 is 1.28 bits per heavy atom. The van der Waals surface area contributed by atoms with Crippen LogP contribution in [0.15, 0.2) is 65.8 Å². The highest BCUT2D eigenvalue weighted by atomic mass is 35.5. The van der Waals surface area contributed by atoms with Crippen LogP contribution in [-0.4, -0.2) is 24.1 Å². The molecule has 0 radical (unpaired) electrons. The number of esters is 2. The maximum atomic E-state index is 12.5. The number of carbonyl (C=O) groups excluding carboxylic acids is 2. The molecule has 2 bridgehead atoms. The fraction of sp³-hybridized carbons (Fsp3) is 0.200. The van der Waals surface area contributed by atoms with Crippen LogP contribution in [0.3, 0.4) is 0 Å². The van der Waals surface area contributed by atoms with Crippen molar-refractivity contribution in [3.8, 4) is 0 Å². The van der Waals surface area contributed by atoms with Gasteiger partial charge in [-0.2, -0.15) is 0 Å². The molecule has 4 nitrogen and oxygen atoms in total. The molecular weight excluding hydrogens is 340 g/mol. The molecule has 25 heavy (non-hydrogen) atoms. The second-order valence-corrected chi connectivity index (χ2v) is 6.45. The molecule has 1 aromatic rings. The predicted molar refractivity (Wildman–Crippen MR) is 93.7 cm³/mol. The monoisotopic (exact) mass is 354 g/mol. The van der Waals surface area contributed by atoms with E-state index in [2.05, 4.69) is 0 Å². The molecule has 2 atom stereocenters. The van der Waals surface area contributed by atoms with Crippen LogP contribution in [-0.2, 0) is 19.1 Å². The molecule has 0 N–H and O–H groups in total. The van der Waals surface area contributed by atoms with E-state index in [4.69, 9.17) is 21.1 Å². The summed E-state index contributed by atoms with van der Waals surface area (Å²) in [5.74, 6) is -1.25. The minimum atomic E-state index is -1.10. The first-order chi connectivity index (χ1) is 12.0. The molecule has 1 spiro atoms. The summed E-state index contributed by atoms with van der Waals surface area (Å²) in [5.41, 5.74) is 1.09. The first-order valence-corrected chi connectivity index (χ1v) is 8.44. The zero-order valence-corrected chi connectivity index (χ0v) is 14.2. The van der Waals surface area contributed by atoms with E-state index < -0.39 is 17.5 Å². The topological polar surface area (TPSA) is 52.6 Å². The number of carbonyl (C=O) groups is 2. The Kier molecular flexibility index (Phi) is 3.65. The second-order valence-electron chi connectivity index (χ2n) is 6.02. The molecule has 0 saturated heterocycles. The molecule has 0 amide bonds. The maximum Gasteiger partial charge on any atom is 0.347 e. The van der Waals surface area contributed by atoms with Gasteiger partial charge < -0.3 is 9.47 Å². The van der Waals surface area contributed by atoms with Gasteiger partial charge in [-0.05, 0) is 30.7 Å². The molecule has 1 heterocycles. The Morgan fingerprint density at radius 3 is 2.76 bits per heavy atom. The lowest BCUT2D eigenvalue weighted by atomic mass is 9.78. The summed E-state index contributed by atoms with van der Waals surface area (Å²) in [5, 5.41) is 0.626. The number of benzene rings is 1. The lowest BCUT2D eigenvalue weighted by Gasteiger charge is -2.31. The lowest BCUT2D eigenvalue weighted by molar-refractivity contribution is -0.146. The molecular formula is C20H15ClO4. The van der Waals surface area contributed by atoms with E-state index in [-0.39, 0.29) is 18.1 Å². The third-order valence-corrected chi connectivity index (χ3v) is 4.81. The van der Waals surface area contributed by atoms with Crippen molar-refractivity contribution >= 4 is 29.1 Å². The van der Waals surface area contributed by atoms with Gasteiger partial charge >= 0.3 is 11.9 Å². The quantitative estimate of drug-likeness (QED) is 0.472. The molecule has 0 unspecified atom stereocenters. The molecule has 0 saturated carbocycles. The Bertz CT molecular complexity index is 889. The average Bonchev–Trinajstić information content (AvgIpc) is 2.71. The summed E-state index contributed by atoms with van der Waals surface area (Å²) in [7, 11) is 0. The minimum absolute atomic E-state index is 0.0369. The lowest BCUT2D eigenvalue weighted by Crippen LogP contribution is -2.32. The minimum Gasteiger partial charge on any atom is -0.462 e. The van der Waals surface area contributed by atoms with Gasteiger partial charge in [-0.3, -0.25) is 0 Å². The first kappa shape index (κ1) is 15.9. The van der Waals surface area contributed by atoms with Crippen molar-refractivity contribution in [3.05, 3.63) is 76.4 Å². The fourth-order valence-corrected chi connectivity index (χ4v) is 3.58. The number of hydrogen-bond acceptors (Lipinski definition) is 4. The van der Waals surface area contributed by atoms with E-state index >= 15 is 0 Å². The molecule has 5 heteroatoms. The van der Waals surface area contributed by atoms with Crippen molar-refractivity contribution in [3.63, 3.8) is 0 Å². The van der Waals surface area contributed by atoms with Crippen LogP contribution in [0.25, 0.3) is 5.57 Å². The third-order valence-electron chi connectivity index (χ3n) is 4.56. The average molecular weight is 355 g/mol. The van der Waals surface area contributed by atoms with E-state index in [1.54, 1.807) is 25.1 Å². The summed E-state index contributed by atoms with van der Waals surface area (Å²) >= 11 is 5.99. The summed E-state index contributed by atoms with van der Waals surface area (Å²) in [6.45, 7) is 1.89. The van der Waals surface area contributed by atoms with Gasteiger partial charge in [0.2, 0.25) is 0 Å². The highest BCUT2D eigenvalue weighted by Crippen LogP contribution is 2.49. The van der Waals surface area contributed by atoms with Gasteiger partial charge in [0, 0.05) is 22.1 Å². The van der Waals surface area contributed by atoms with Gasteiger partial charge in [-0.15, -0.1) is 0 Å². The van der Waals surface area contributed by atoms with E-state index in [9.17, 15) is 9.59 Å². The summed E-state index contributed by atoms with van der Waals surface area (Å²) < 4.78 is 10.8. The molecule has 0 aromatic heterocycles. The smallest absolute Gasteiger partial charge is 0.347 e. The first-order valence-electron chi connectivity index (χ1n) is 8.06. The third kappa shape index (κ3) is 2.36. The number of allylic oxidation sites excluding steroid dienone is 3. The van der Waals surface area contributed by atoms with Gasteiger partial charge in [-0.25, -0.2) is 9.59 Å². The number of rotatable bonds is 3. The SMILES string of the molecule is CCOC(=O)C1=C2C=C[C@H]3C=C[C@]2(OC1=O)C(c1ccc(Cl)cc1)=C3. The molecule has 0 fully saturated rings. The maximum absolute atomic E-state index is 12.5. The molecule has 1 aromatic carbocycles. The molecule has 3 aliphatic carbocycles.